The predicted octanol–water partition coefficient (Wildman–Crippen LogP) is 2.20. The lowest BCUT2D eigenvalue weighted by Gasteiger charge is -2.16. The van der Waals surface area contributed by atoms with E-state index in [1.54, 1.807) is 13.8 Å². The Balaban J connectivity index is 2.05. The normalized spacial score (nSPS) is 11.6. The molecule has 0 radical (unpaired) electrons. The van der Waals surface area contributed by atoms with E-state index in [4.69, 9.17) is 19.6 Å². The SMILES string of the molecule is CCOP(=O)(CCc1[nH]c(=O)n(OCc2ccccc2)c1N)OCC. The number of H-pyrrole nitrogens is 1. The summed E-state index contributed by atoms with van der Waals surface area (Å²) in [5.41, 5.74) is 6.85. The van der Waals surface area contributed by atoms with Gasteiger partial charge < -0.3 is 24.6 Å². The summed E-state index contributed by atoms with van der Waals surface area (Å²) in [4.78, 5) is 20.1. The van der Waals surface area contributed by atoms with Gasteiger partial charge in [-0.25, -0.2) is 4.79 Å². The number of benzene rings is 1. The van der Waals surface area contributed by atoms with Crippen LogP contribution >= 0.6 is 7.60 Å². The number of rotatable bonds is 10. The Bertz CT molecular complexity index is 762. The Kier molecular flexibility index (Phi) is 6.87. The number of hydrogen-bond acceptors (Lipinski definition) is 6. The number of nitrogens with two attached hydrogens (primary N) is 1. The average Bonchev–Trinajstić information content (AvgIpc) is 2.86. The van der Waals surface area contributed by atoms with Crippen LogP contribution in [0.3, 0.4) is 0 Å². The van der Waals surface area contributed by atoms with E-state index in [1.807, 2.05) is 30.3 Å². The first-order valence-electron chi connectivity index (χ1n) is 8.13. The maximum atomic E-state index is 12.5. The fourth-order valence-electron chi connectivity index (χ4n) is 2.32. The van der Waals surface area contributed by atoms with Crippen molar-refractivity contribution in [2.75, 3.05) is 25.1 Å². The first-order chi connectivity index (χ1) is 12.0. The largest absolute Gasteiger partial charge is 0.403 e. The van der Waals surface area contributed by atoms with Crippen molar-refractivity contribution >= 4 is 13.4 Å². The van der Waals surface area contributed by atoms with E-state index < -0.39 is 13.3 Å². The second kappa shape index (κ2) is 8.89. The molecule has 0 aliphatic carbocycles. The van der Waals surface area contributed by atoms with E-state index >= 15 is 0 Å². The van der Waals surface area contributed by atoms with E-state index in [0.29, 0.717) is 5.69 Å². The molecule has 0 fully saturated rings. The summed E-state index contributed by atoms with van der Waals surface area (Å²) in [7, 11) is -3.20. The number of nitrogen functional groups attached to an aromatic ring is 1. The first-order valence-corrected chi connectivity index (χ1v) is 9.86. The van der Waals surface area contributed by atoms with Crippen molar-refractivity contribution < 1.29 is 18.5 Å². The highest BCUT2D eigenvalue weighted by Crippen LogP contribution is 2.48. The van der Waals surface area contributed by atoms with Gasteiger partial charge in [0.15, 0.2) is 5.82 Å². The summed E-state index contributed by atoms with van der Waals surface area (Å²) in [5.74, 6) is 0.153. The van der Waals surface area contributed by atoms with Gasteiger partial charge in [0.25, 0.3) is 0 Å². The molecule has 0 aliphatic rings. The van der Waals surface area contributed by atoms with Crippen molar-refractivity contribution in [1.82, 2.24) is 9.71 Å². The van der Waals surface area contributed by atoms with Gasteiger partial charge in [-0.15, -0.1) is 4.73 Å². The monoisotopic (exact) mass is 369 g/mol. The number of nitrogens with one attached hydrogen (secondary N) is 1. The van der Waals surface area contributed by atoms with Gasteiger partial charge >= 0.3 is 13.3 Å². The summed E-state index contributed by atoms with van der Waals surface area (Å²) in [6, 6.07) is 9.43. The molecule has 2 rings (SSSR count). The van der Waals surface area contributed by atoms with Gasteiger partial charge in [-0.05, 0) is 19.4 Å². The van der Waals surface area contributed by atoms with Gasteiger partial charge in [-0.1, -0.05) is 30.3 Å². The molecule has 2 aromatic rings. The Labute approximate surface area is 146 Å². The number of nitrogens with zero attached hydrogens (tertiary/aromatic N) is 1. The van der Waals surface area contributed by atoms with Gasteiger partial charge in [0, 0.05) is 6.42 Å². The molecule has 138 valence electrons. The highest BCUT2D eigenvalue weighted by atomic mass is 31.2. The predicted molar refractivity (Wildman–Crippen MR) is 95.6 cm³/mol. The van der Waals surface area contributed by atoms with Crippen molar-refractivity contribution in [2.45, 2.75) is 26.9 Å². The zero-order chi connectivity index (χ0) is 18.3. The van der Waals surface area contributed by atoms with Crippen LogP contribution in [0.2, 0.25) is 0 Å². The van der Waals surface area contributed by atoms with Gasteiger partial charge in [-0.3, -0.25) is 4.57 Å². The maximum absolute atomic E-state index is 12.5. The standard InChI is InChI=1S/C16H24N3O5P/c1-3-23-25(21,24-4-2)11-10-14-15(17)19(16(20)18-14)22-12-13-8-6-5-7-9-13/h5-9H,3-4,10-12,17H2,1-2H3,(H,18,20). The molecule has 0 saturated heterocycles. The van der Waals surface area contributed by atoms with Crippen LogP contribution in [0.1, 0.15) is 25.1 Å². The maximum Gasteiger partial charge on any atom is 0.360 e. The second-order valence-corrected chi connectivity index (χ2v) is 7.45. The number of aromatic nitrogens is 2. The molecule has 0 amide bonds. The van der Waals surface area contributed by atoms with Gasteiger partial charge in [0.2, 0.25) is 0 Å². The molecular formula is C16H24N3O5P. The molecule has 1 heterocycles. The summed E-state index contributed by atoms with van der Waals surface area (Å²) in [6.45, 7) is 4.26. The third-order valence-corrected chi connectivity index (χ3v) is 5.54. The van der Waals surface area contributed by atoms with Crippen molar-refractivity contribution in [1.29, 1.82) is 0 Å². The molecule has 0 aliphatic heterocycles. The number of hydrogen-bond donors (Lipinski definition) is 2. The van der Waals surface area contributed by atoms with Gasteiger partial charge in [-0.2, -0.15) is 0 Å². The Morgan fingerprint density at radius 2 is 1.80 bits per heavy atom. The topological polar surface area (TPSA) is 109 Å². The summed E-state index contributed by atoms with van der Waals surface area (Å²) in [6.07, 6.45) is 0.373. The number of aryl methyl sites for hydroxylation is 1. The number of aromatic amines is 1. The highest BCUT2D eigenvalue weighted by molar-refractivity contribution is 7.53. The van der Waals surface area contributed by atoms with Crippen LogP contribution in [0.4, 0.5) is 5.82 Å². The fourth-order valence-corrected chi connectivity index (χ4v) is 3.93. The van der Waals surface area contributed by atoms with Crippen LogP contribution in [0.5, 0.6) is 0 Å². The molecular weight excluding hydrogens is 345 g/mol. The van der Waals surface area contributed by atoms with E-state index in [-0.39, 0.29) is 38.2 Å². The molecule has 9 heteroatoms. The Morgan fingerprint density at radius 3 is 2.40 bits per heavy atom. The average molecular weight is 369 g/mol. The molecule has 3 N–H and O–H groups in total. The molecule has 25 heavy (non-hydrogen) atoms. The molecule has 0 unspecified atom stereocenters. The van der Waals surface area contributed by atoms with Crippen molar-refractivity contribution in [3.63, 3.8) is 0 Å². The van der Waals surface area contributed by atoms with Crippen LogP contribution in [0.25, 0.3) is 0 Å². The zero-order valence-corrected chi connectivity index (χ0v) is 15.3. The van der Waals surface area contributed by atoms with Crippen molar-refractivity contribution in [2.24, 2.45) is 0 Å². The molecule has 0 bridgehead atoms. The lowest BCUT2D eigenvalue weighted by atomic mass is 10.2. The smallest absolute Gasteiger partial charge is 0.360 e. The molecule has 1 aromatic carbocycles. The summed E-state index contributed by atoms with van der Waals surface area (Å²) >= 11 is 0. The van der Waals surface area contributed by atoms with E-state index in [2.05, 4.69) is 4.98 Å². The Morgan fingerprint density at radius 1 is 1.16 bits per heavy atom. The van der Waals surface area contributed by atoms with Crippen LogP contribution in [0, 0.1) is 0 Å². The third kappa shape index (κ3) is 5.22. The van der Waals surface area contributed by atoms with Gasteiger partial charge in [0.1, 0.15) is 6.61 Å². The molecule has 1 aromatic heterocycles. The third-order valence-electron chi connectivity index (χ3n) is 3.46. The van der Waals surface area contributed by atoms with Crippen LogP contribution < -0.4 is 16.3 Å². The number of anilines is 1. The summed E-state index contributed by atoms with van der Waals surface area (Å²) < 4.78 is 24.0. The minimum Gasteiger partial charge on any atom is -0.403 e. The Hall–Kier alpha value is -2.02. The van der Waals surface area contributed by atoms with Crippen molar-refractivity contribution in [3.05, 3.63) is 52.1 Å². The van der Waals surface area contributed by atoms with Crippen molar-refractivity contribution in [3.8, 4) is 0 Å². The van der Waals surface area contributed by atoms with E-state index in [1.165, 1.54) is 0 Å². The molecule has 0 spiro atoms. The zero-order valence-electron chi connectivity index (χ0n) is 14.4. The minimum atomic E-state index is -3.20. The fraction of sp³-hybridized carbons (Fsp3) is 0.438. The van der Waals surface area contributed by atoms with E-state index in [0.717, 1.165) is 10.3 Å². The molecule has 0 atom stereocenters. The van der Waals surface area contributed by atoms with E-state index in [9.17, 15) is 9.36 Å². The molecule has 8 nitrogen and oxygen atoms in total. The lowest BCUT2D eigenvalue weighted by Crippen LogP contribution is -2.25. The first kappa shape index (κ1) is 19.3. The van der Waals surface area contributed by atoms with Gasteiger partial charge in [0.05, 0.1) is 25.1 Å². The summed E-state index contributed by atoms with van der Waals surface area (Å²) in [5, 5.41) is 0. The number of imidazole rings is 1. The minimum absolute atomic E-state index is 0.123. The lowest BCUT2D eigenvalue weighted by molar-refractivity contribution is 0.0944. The highest BCUT2D eigenvalue weighted by Gasteiger charge is 2.25. The molecule has 0 saturated carbocycles. The second-order valence-electron chi connectivity index (χ2n) is 5.27. The van der Waals surface area contributed by atoms with Crippen LogP contribution in [-0.4, -0.2) is 29.1 Å². The van der Waals surface area contributed by atoms with Crippen LogP contribution in [-0.2, 0) is 26.6 Å². The van der Waals surface area contributed by atoms with Crippen LogP contribution in [0.15, 0.2) is 35.1 Å². The quantitative estimate of drug-likeness (QED) is 0.622.